The lowest BCUT2D eigenvalue weighted by atomic mass is 10.1. The highest BCUT2D eigenvalue weighted by Gasteiger charge is 2.21. The maximum Gasteiger partial charge on any atom is 0.123 e. The molecule has 0 aromatic heterocycles. The van der Waals surface area contributed by atoms with Crippen LogP contribution in [0, 0.1) is 18.7 Å². The minimum Gasteiger partial charge on any atom is -0.299 e. The first kappa shape index (κ1) is 11.9. The van der Waals surface area contributed by atoms with E-state index >= 15 is 0 Å². The predicted molar refractivity (Wildman–Crippen MR) is 65.2 cm³/mol. The summed E-state index contributed by atoms with van der Waals surface area (Å²) >= 11 is 5.85. The van der Waals surface area contributed by atoms with E-state index in [1.54, 1.807) is 6.07 Å². The molecule has 0 spiro atoms. The summed E-state index contributed by atoms with van der Waals surface area (Å²) in [6, 6.07) is 5.03. The average Bonchev–Trinajstić information content (AvgIpc) is 2.70. The minimum atomic E-state index is -0.152. The number of hydrogen-bond donors (Lipinski definition) is 0. The largest absolute Gasteiger partial charge is 0.299 e. The fraction of sp³-hybridized carbons (Fsp3) is 0.538. The highest BCUT2D eigenvalue weighted by molar-refractivity contribution is 6.18. The molecular weight excluding hydrogens is 225 g/mol. The van der Waals surface area contributed by atoms with Crippen molar-refractivity contribution in [2.45, 2.75) is 19.9 Å². The van der Waals surface area contributed by atoms with Crippen molar-refractivity contribution in [2.24, 2.45) is 5.92 Å². The molecule has 0 amide bonds. The first-order valence-electron chi connectivity index (χ1n) is 5.72. The maximum atomic E-state index is 12.9. The highest BCUT2D eigenvalue weighted by atomic mass is 35.5. The van der Waals surface area contributed by atoms with Gasteiger partial charge in [0.1, 0.15) is 5.82 Å². The number of likely N-dealkylation sites (tertiary alicyclic amines) is 1. The van der Waals surface area contributed by atoms with Gasteiger partial charge in [0.2, 0.25) is 0 Å². The van der Waals surface area contributed by atoms with Gasteiger partial charge in [-0.15, -0.1) is 11.6 Å². The third kappa shape index (κ3) is 2.74. The quantitative estimate of drug-likeness (QED) is 0.735. The monoisotopic (exact) mass is 241 g/mol. The molecule has 1 aromatic carbocycles. The van der Waals surface area contributed by atoms with Crippen LogP contribution in [0.15, 0.2) is 18.2 Å². The van der Waals surface area contributed by atoms with E-state index in [0.29, 0.717) is 5.92 Å². The molecule has 1 saturated heterocycles. The third-order valence-electron chi connectivity index (χ3n) is 3.29. The lowest BCUT2D eigenvalue weighted by Gasteiger charge is -2.17. The van der Waals surface area contributed by atoms with Gasteiger partial charge in [-0.1, -0.05) is 6.07 Å². The smallest absolute Gasteiger partial charge is 0.123 e. The molecule has 1 aromatic rings. The average molecular weight is 242 g/mol. The van der Waals surface area contributed by atoms with E-state index in [9.17, 15) is 4.39 Å². The lowest BCUT2D eigenvalue weighted by Crippen LogP contribution is -2.21. The van der Waals surface area contributed by atoms with Crippen molar-refractivity contribution < 1.29 is 4.39 Å². The van der Waals surface area contributed by atoms with Crippen LogP contribution in [0.1, 0.15) is 17.5 Å². The van der Waals surface area contributed by atoms with Crippen LogP contribution < -0.4 is 0 Å². The Labute approximate surface area is 101 Å². The summed E-state index contributed by atoms with van der Waals surface area (Å²) in [6.45, 7) is 5.06. The second-order valence-electron chi connectivity index (χ2n) is 4.61. The number of nitrogens with zero attached hydrogens (tertiary/aromatic N) is 1. The van der Waals surface area contributed by atoms with Gasteiger partial charge in [-0.2, -0.15) is 0 Å². The zero-order chi connectivity index (χ0) is 11.5. The van der Waals surface area contributed by atoms with Gasteiger partial charge in [-0.3, -0.25) is 4.90 Å². The summed E-state index contributed by atoms with van der Waals surface area (Å²) in [4.78, 5) is 2.40. The molecule has 1 unspecified atom stereocenters. The summed E-state index contributed by atoms with van der Waals surface area (Å²) in [7, 11) is 0. The van der Waals surface area contributed by atoms with Crippen LogP contribution >= 0.6 is 11.6 Å². The second kappa shape index (κ2) is 5.15. The molecule has 1 fully saturated rings. The molecule has 0 aliphatic carbocycles. The molecule has 1 nitrogen and oxygen atoms in total. The van der Waals surface area contributed by atoms with Crippen LogP contribution in [-0.2, 0) is 6.54 Å². The predicted octanol–water partition coefficient (Wildman–Crippen LogP) is 3.19. The Kier molecular flexibility index (Phi) is 3.82. The van der Waals surface area contributed by atoms with Crippen molar-refractivity contribution >= 4 is 11.6 Å². The van der Waals surface area contributed by atoms with Crippen molar-refractivity contribution in [1.29, 1.82) is 0 Å². The Bertz CT molecular complexity index is 367. The molecule has 3 heteroatoms. The van der Waals surface area contributed by atoms with Crippen LogP contribution in [0.5, 0.6) is 0 Å². The molecule has 1 aliphatic heterocycles. The number of rotatable bonds is 3. The van der Waals surface area contributed by atoms with E-state index in [4.69, 9.17) is 11.6 Å². The second-order valence-corrected chi connectivity index (χ2v) is 4.92. The molecule has 16 heavy (non-hydrogen) atoms. The SMILES string of the molecule is Cc1cc(F)ccc1CN1CCC(CCl)C1. The first-order valence-corrected chi connectivity index (χ1v) is 6.26. The van der Waals surface area contributed by atoms with Crippen LogP contribution in [0.2, 0.25) is 0 Å². The van der Waals surface area contributed by atoms with Crippen LogP contribution in [0.25, 0.3) is 0 Å². The Morgan fingerprint density at radius 3 is 2.94 bits per heavy atom. The van der Waals surface area contributed by atoms with E-state index in [2.05, 4.69) is 4.90 Å². The van der Waals surface area contributed by atoms with E-state index in [1.807, 2.05) is 13.0 Å². The van der Waals surface area contributed by atoms with Crippen molar-refractivity contribution in [2.75, 3.05) is 19.0 Å². The van der Waals surface area contributed by atoms with E-state index < -0.39 is 0 Å². The van der Waals surface area contributed by atoms with E-state index in [0.717, 1.165) is 31.1 Å². The van der Waals surface area contributed by atoms with Gasteiger partial charge in [0.05, 0.1) is 0 Å². The standard InChI is InChI=1S/C13H17ClFN/c1-10-6-13(15)3-2-12(10)9-16-5-4-11(7-14)8-16/h2-3,6,11H,4-5,7-9H2,1H3. The zero-order valence-electron chi connectivity index (χ0n) is 9.55. The molecule has 0 bridgehead atoms. The molecule has 1 aliphatic rings. The molecule has 2 rings (SSSR count). The fourth-order valence-electron chi connectivity index (χ4n) is 2.26. The summed E-state index contributed by atoms with van der Waals surface area (Å²) in [5, 5.41) is 0. The van der Waals surface area contributed by atoms with E-state index in [1.165, 1.54) is 18.1 Å². The number of hydrogen-bond acceptors (Lipinski definition) is 1. The van der Waals surface area contributed by atoms with Crippen molar-refractivity contribution in [1.82, 2.24) is 4.90 Å². The first-order chi connectivity index (χ1) is 7.69. The Hall–Kier alpha value is -0.600. The summed E-state index contributed by atoms with van der Waals surface area (Å²) in [5.41, 5.74) is 2.26. The van der Waals surface area contributed by atoms with Crippen LogP contribution in [0.3, 0.4) is 0 Å². The number of alkyl halides is 1. The fourth-order valence-corrected chi connectivity index (χ4v) is 2.51. The van der Waals surface area contributed by atoms with Crippen molar-refractivity contribution in [3.8, 4) is 0 Å². The van der Waals surface area contributed by atoms with Gasteiger partial charge in [0.15, 0.2) is 0 Å². The van der Waals surface area contributed by atoms with Gasteiger partial charge in [0.25, 0.3) is 0 Å². The molecule has 0 N–H and O–H groups in total. The van der Waals surface area contributed by atoms with Gasteiger partial charge < -0.3 is 0 Å². The third-order valence-corrected chi connectivity index (χ3v) is 3.72. The van der Waals surface area contributed by atoms with Gasteiger partial charge in [0, 0.05) is 19.0 Å². The molecule has 0 radical (unpaired) electrons. The van der Waals surface area contributed by atoms with Crippen LogP contribution in [-0.4, -0.2) is 23.9 Å². The lowest BCUT2D eigenvalue weighted by molar-refractivity contribution is 0.320. The summed E-state index contributed by atoms with van der Waals surface area (Å²) in [6.07, 6.45) is 1.18. The molecule has 1 atom stereocenters. The minimum absolute atomic E-state index is 0.152. The maximum absolute atomic E-state index is 12.9. The Morgan fingerprint density at radius 2 is 2.31 bits per heavy atom. The van der Waals surface area contributed by atoms with Gasteiger partial charge >= 0.3 is 0 Å². The Morgan fingerprint density at radius 1 is 1.50 bits per heavy atom. The number of halogens is 2. The van der Waals surface area contributed by atoms with Gasteiger partial charge in [-0.25, -0.2) is 4.39 Å². The molecular formula is C13H17ClFN. The summed E-state index contributed by atoms with van der Waals surface area (Å²) < 4.78 is 12.9. The van der Waals surface area contributed by atoms with Crippen LogP contribution in [0.4, 0.5) is 4.39 Å². The molecule has 1 heterocycles. The van der Waals surface area contributed by atoms with Gasteiger partial charge in [-0.05, 0) is 49.1 Å². The topological polar surface area (TPSA) is 3.24 Å². The highest BCUT2D eigenvalue weighted by Crippen LogP contribution is 2.21. The number of benzene rings is 1. The normalized spacial score (nSPS) is 21.6. The van der Waals surface area contributed by atoms with Crippen molar-refractivity contribution in [3.05, 3.63) is 35.1 Å². The summed E-state index contributed by atoms with van der Waals surface area (Å²) in [5.74, 6) is 1.22. The van der Waals surface area contributed by atoms with Crippen molar-refractivity contribution in [3.63, 3.8) is 0 Å². The zero-order valence-corrected chi connectivity index (χ0v) is 10.3. The van der Waals surface area contributed by atoms with E-state index in [-0.39, 0.29) is 5.82 Å². The number of aryl methyl sites for hydroxylation is 1. The molecule has 88 valence electrons. The Balaban J connectivity index is 1.99. The molecule has 0 saturated carbocycles.